The first-order valence-corrected chi connectivity index (χ1v) is 7.89. The van der Waals surface area contributed by atoms with Gasteiger partial charge in [0, 0.05) is 57.3 Å². The number of nitrogens with one attached hydrogen (secondary N) is 1. The topological polar surface area (TPSA) is 70.5 Å². The zero-order valence-corrected chi connectivity index (χ0v) is 13.7. The van der Waals surface area contributed by atoms with Gasteiger partial charge in [-0.25, -0.2) is 9.78 Å². The molecule has 0 aliphatic carbocycles. The Morgan fingerprint density at radius 1 is 1.29 bits per heavy atom. The number of benzene rings is 1. The molecule has 0 atom stereocenters. The van der Waals surface area contributed by atoms with Crippen LogP contribution in [-0.4, -0.2) is 63.5 Å². The molecular weight excluding hydrogens is 306 g/mol. The van der Waals surface area contributed by atoms with Crippen LogP contribution in [0.5, 0.6) is 0 Å². The highest BCUT2D eigenvalue weighted by molar-refractivity contribution is 5.96. The van der Waals surface area contributed by atoms with Crippen LogP contribution in [0, 0.1) is 0 Å². The molecule has 2 aliphatic heterocycles. The van der Waals surface area contributed by atoms with Crippen molar-refractivity contribution in [3.8, 4) is 11.4 Å². The maximum atomic E-state index is 12.7. The Kier molecular flexibility index (Phi) is 3.13. The minimum Gasteiger partial charge on any atom is -0.335 e. The lowest BCUT2D eigenvalue weighted by atomic mass is 9.88. The van der Waals surface area contributed by atoms with Gasteiger partial charge in [0.25, 0.3) is 5.91 Å². The second-order valence-electron chi connectivity index (χ2n) is 6.55. The van der Waals surface area contributed by atoms with E-state index in [0.717, 1.165) is 11.4 Å². The van der Waals surface area contributed by atoms with E-state index in [4.69, 9.17) is 0 Å². The van der Waals surface area contributed by atoms with Crippen LogP contribution in [0.3, 0.4) is 0 Å². The first kappa shape index (κ1) is 14.7. The van der Waals surface area contributed by atoms with Crippen LogP contribution < -0.4 is 5.32 Å². The van der Waals surface area contributed by atoms with Crippen LogP contribution in [0.15, 0.2) is 36.7 Å². The summed E-state index contributed by atoms with van der Waals surface area (Å²) in [5.74, 6) is 0.819. The molecule has 4 rings (SSSR count). The lowest BCUT2D eigenvalue weighted by Gasteiger charge is -2.50. The summed E-state index contributed by atoms with van der Waals surface area (Å²) in [5.41, 5.74) is 1.31. The number of amides is 3. The van der Waals surface area contributed by atoms with Gasteiger partial charge in [0.2, 0.25) is 0 Å². The van der Waals surface area contributed by atoms with Gasteiger partial charge in [0.05, 0.1) is 5.54 Å². The molecule has 0 bridgehead atoms. The predicted molar refractivity (Wildman–Crippen MR) is 88.4 cm³/mol. The van der Waals surface area contributed by atoms with Crippen molar-refractivity contribution < 1.29 is 9.59 Å². The summed E-state index contributed by atoms with van der Waals surface area (Å²) in [6.45, 7) is 1.72. The second-order valence-corrected chi connectivity index (χ2v) is 6.55. The molecule has 2 aromatic rings. The van der Waals surface area contributed by atoms with Crippen molar-refractivity contribution in [3.05, 3.63) is 42.2 Å². The maximum Gasteiger partial charge on any atom is 0.317 e. The number of rotatable bonds is 2. The lowest BCUT2D eigenvalue weighted by molar-refractivity contribution is 0.00777. The number of imidazole rings is 1. The average molecular weight is 325 g/mol. The summed E-state index contributed by atoms with van der Waals surface area (Å²) in [4.78, 5) is 32.2. The zero-order valence-electron chi connectivity index (χ0n) is 13.7. The van der Waals surface area contributed by atoms with Gasteiger partial charge in [-0.1, -0.05) is 12.1 Å². The Hall–Kier alpha value is -2.83. The number of likely N-dealkylation sites (tertiary alicyclic amines) is 1. The molecule has 1 aromatic carbocycles. The molecule has 0 unspecified atom stereocenters. The van der Waals surface area contributed by atoms with Gasteiger partial charge in [-0.3, -0.25) is 4.79 Å². The molecule has 124 valence electrons. The van der Waals surface area contributed by atoms with E-state index < -0.39 is 0 Å². The van der Waals surface area contributed by atoms with E-state index in [0.29, 0.717) is 25.2 Å². The fourth-order valence-electron chi connectivity index (χ4n) is 3.44. The quantitative estimate of drug-likeness (QED) is 0.893. The molecule has 7 heteroatoms. The lowest BCUT2D eigenvalue weighted by Crippen LogP contribution is -2.70. The highest BCUT2D eigenvalue weighted by Crippen LogP contribution is 2.31. The van der Waals surface area contributed by atoms with Gasteiger partial charge in [0.1, 0.15) is 5.82 Å². The standard InChI is InChI=1S/C17H19N5O2/c1-20-7-6-18-14(20)12-4-3-5-13(8-12)15(23)22-10-17(11-22)9-19-16(24)21(17)2/h3-8H,9-11H2,1-2H3,(H,19,24). The molecule has 24 heavy (non-hydrogen) atoms. The third-order valence-corrected chi connectivity index (χ3v) is 5.03. The van der Waals surface area contributed by atoms with E-state index in [9.17, 15) is 9.59 Å². The summed E-state index contributed by atoms with van der Waals surface area (Å²) in [6, 6.07) is 7.45. The van der Waals surface area contributed by atoms with Crippen molar-refractivity contribution in [2.75, 3.05) is 26.7 Å². The Labute approximate surface area is 139 Å². The molecule has 3 heterocycles. The van der Waals surface area contributed by atoms with Crippen LogP contribution in [-0.2, 0) is 7.05 Å². The fourth-order valence-corrected chi connectivity index (χ4v) is 3.44. The number of nitrogens with zero attached hydrogens (tertiary/aromatic N) is 4. The number of carbonyl (C=O) groups is 2. The molecule has 2 aliphatic rings. The van der Waals surface area contributed by atoms with Crippen molar-refractivity contribution in [2.45, 2.75) is 5.54 Å². The van der Waals surface area contributed by atoms with E-state index >= 15 is 0 Å². The van der Waals surface area contributed by atoms with E-state index in [1.165, 1.54) is 0 Å². The van der Waals surface area contributed by atoms with Crippen LogP contribution in [0.25, 0.3) is 11.4 Å². The first-order valence-electron chi connectivity index (χ1n) is 7.89. The third kappa shape index (κ3) is 2.08. The number of urea groups is 1. The van der Waals surface area contributed by atoms with Gasteiger partial charge < -0.3 is 19.7 Å². The second kappa shape index (κ2) is 5.09. The average Bonchev–Trinajstić information content (AvgIpc) is 3.10. The molecule has 2 saturated heterocycles. The summed E-state index contributed by atoms with van der Waals surface area (Å²) >= 11 is 0. The Morgan fingerprint density at radius 3 is 2.71 bits per heavy atom. The van der Waals surface area contributed by atoms with Crippen molar-refractivity contribution in [3.63, 3.8) is 0 Å². The van der Waals surface area contributed by atoms with Gasteiger partial charge in [-0.15, -0.1) is 0 Å². The van der Waals surface area contributed by atoms with Gasteiger partial charge in [-0.05, 0) is 12.1 Å². The number of likely N-dealkylation sites (N-methyl/N-ethyl adjacent to an activating group) is 1. The number of hydrogen-bond donors (Lipinski definition) is 1. The molecule has 0 radical (unpaired) electrons. The van der Waals surface area contributed by atoms with Crippen LogP contribution in [0.4, 0.5) is 4.79 Å². The van der Waals surface area contributed by atoms with Gasteiger partial charge >= 0.3 is 6.03 Å². The number of carbonyl (C=O) groups excluding carboxylic acids is 2. The van der Waals surface area contributed by atoms with Crippen molar-refractivity contribution in [1.82, 2.24) is 24.7 Å². The largest absolute Gasteiger partial charge is 0.335 e. The smallest absolute Gasteiger partial charge is 0.317 e. The van der Waals surface area contributed by atoms with Crippen molar-refractivity contribution in [1.29, 1.82) is 0 Å². The highest BCUT2D eigenvalue weighted by Gasteiger charge is 2.53. The number of aromatic nitrogens is 2. The molecule has 1 spiro atoms. The predicted octanol–water partition coefficient (Wildman–Crippen LogP) is 0.937. The number of hydrogen-bond acceptors (Lipinski definition) is 3. The molecule has 1 aromatic heterocycles. The minimum atomic E-state index is -0.246. The van der Waals surface area contributed by atoms with Gasteiger partial charge in [-0.2, -0.15) is 0 Å². The molecule has 3 amide bonds. The van der Waals surface area contributed by atoms with Crippen LogP contribution in [0.2, 0.25) is 0 Å². The van der Waals surface area contributed by atoms with E-state index in [1.807, 2.05) is 42.1 Å². The minimum absolute atomic E-state index is 0.00978. The Morgan fingerprint density at radius 2 is 2.08 bits per heavy atom. The molecular formula is C17H19N5O2. The molecule has 0 saturated carbocycles. The molecule has 1 N–H and O–H groups in total. The fraction of sp³-hybridized carbons (Fsp3) is 0.353. The van der Waals surface area contributed by atoms with E-state index in [1.54, 1.807) is 23.0 Å². The van der Waals surface area contributed by atoms with Crippen LogP contribution >= 0.6 is 0 Å². The Bertz CT molecular complexity index is 822. The molecule has 2 fully saturated rings. The maximum absolute atomic E-state index is 12.7. The van der Waals surface area contributed by atoms with Crippen molar-refractivity contribution in [2.24, 2.45) is 7.05 Å². The zero-order chi connectivity index (χ0) is 16.9. The first-order chi connectivity index (χ1) is 11.5. The molecule has 7 nitrogen and oxygen atoms in total. The summed E-state index contributed by atoms with van der Waals surface area (Å²) in [6.07, 6.45) is 3.62. The van der Waals surface area contributed by atoms with Gasteiger partial charge in [0.15, 0.2) is 0 Å². The number of aryl methyl sites for hydroxylation is 1. The normalized spacial score (nSPS) is 18.7. The summed E-state index contributed by atoms with van der Waals surface area (Å²) in [5, 5.41) is 2.83. The highest BCUT2D eigenvalue weighted by atomic mass is 16.2. The van der Waals surface area contributed by atoms with Crippen LogP contribution in [0.1, 0.15) is 10.4 Å². The van der Waals surface area contributed by atoms with Crippen molar-refractivity contribution >= 4 is 11.9 Å². The SMILES string of the molecule is CN1C(=O)NCC12CN(C(=O)c1cccc(-c3nccn3C)c1)C2. The van der Waals surface area contributed by atoms with E-state index in [2.05, 4.69) is 10.3 Å². The third-order valence-electron chi connectivity index (χ3n) is 5.03. The Balaban J connectivity index is 1.53. The summed E-state index contributed by atoms with van der Waals surface area (Å²) < 4.78 is 1.92. The monoisotopic (exact) mass is 325 g/mol. The summed E-state index contributed by atoms with van der Waals surface area (Å²) in [7, 11) is 3.71. The van der Waals surface area contributed by atoms with E-state index in [-0.39, 0.29) is 17.5 Å².